The number of carboxylic acids is 2. The van der Waals surface area contributed by atoms with Crippen LogP contribution in [0.5, 0.6) is 5.75 Å². The summed E-state index contributed by atoms with van der Waals surface area (Å²) < 4.78 is 32.6. The number of thioether (sulfide) groups is 1. The van der Waals surface area contributed by atoms with E-state index < -0.39 is 68.9 Å². The average molecular weight is 611 g/mol. The van der Waals surface area contributed by atoms with E-state index in [0.717, 1.165) is 23.8 Å². The Morgan fingerprint density at radius 3 is 2.42 bits per heavy atom. The Morgan fingerprint density at radius 2 is 1.75 bits per heavy atom. The number of furan rings is 1. The molecular weight excluding hydrogens is 588 g/mol. The number of rotatable bonds is 14. The maximum Gasteiger partial charge on any atom is 0.339 e. The van der Waals surface area contributed by atoms with Gasteiger partial charge in [-0.15, -0.1) is 11.8 Å². The normalized spacial score (nSPS) is 12.0. The van der Waals surface area contributed by atoms with Gasteiger partial charge >= 0.3 is 11.9 Å². The first-order valence-electron chi connectivity index (χ1n) is 11.4. The summed E-state index contributed by atoms with van der Waals surface area (Å²) >= 11 is 7.31. The number of nitrogens with one attached hydrogen (secondary N) is 2. The Hall–Kier alpha value is -3.85. The summed E-state index contributed by atoms with van der Waals surface area (Å²) in [6.07, 6.45) is -0.657. The smallest absolute Gasteiger partial charge is 0.339 e. The van der Waals surface area contributed by atoms with Crippen molar-refractivity contribution in [3.8, 4) is 5.75 Å². The molecular formula is C25H23ClN2O10S2. The molecule has 1 heterocycles. The van der Waals surface area contributed by atoms with Gasteiger partial charge in [-0.25, -0.2) is 17.9 Å². The highest BCUT2D eigenvalue weighted by atomic mass is 35.5. The van der Waals surface area contributed by atoms with Crippen LogP contribution < -0.4 is 10.0 Å². The molecule has 0 aliphatic rings. The van der Waals surface area contributed by atoms with Gasteiger partial charge in [-0.2, -0.15) is 0 Å². The maximum atomic E-state index is 12.7. The van der Waals surface area contributed by atoms with Crippen molar-refractivity contribution in [3.63, 3.8) is 0 Å². The zero-order valence-electron chi connectivity index (χ0n) is 20.5. The largest absolute Gasteiger partial charge is 0.507 e. The van der Waals surface area contributed by atoms with E-state index in [2.05, 4.69) is 10.0 Å². The Labute approximate surface area is 237 Å². The van der Waals surface area contributed by atoms with Gasteiger partial charge in [0.1, 0.15) is 17.1 Å². The van der Waals surface area contributed by atoms with E-state index in [1.54, 1.807) is 24.3 Å². The van der Waals surface area contributed by atoms with E-state index in [9.17, 15) is 37.8 Å². The molecule has 15 heteroatoms. The summed E-state index contributed by atoms with van der Waals surface area (Å²) in [4.78, 5) is 47.4. The molecule has 0 bridgehead atoms. The molecule has 3 rings (SSSR count). The predicted octanol–water partition coefficient (Wildman–Crippen LogP) is 2.89. The monoisotopic (exact) mass is 610 g/mol. The van der Waals surface area contributed by atoms with Crippen molar-refractivity contribution < 1.29 is 47.3 Å². The van der Waals surface area contributed by atoms with Crippen LogP contribution in [0.4, 0.5) is 0 Å². The van der Waals surface area contributed by atoms with Gasteiger partial charge in [0, 0.05) is 10.8 Å². The lowest BCUT2D eigenvalue weighted by molar-refractivity contribution is -0.139. The number of aromatic hydroxyl groups is 1. The van der Waals surface area contributed by atoms with Crippen molar-refractivity contribution in [2.24, 2.45) is 0 Å². The molecule has 0 saturated carbocycles. The van der Waals surface area contributed by atoms with Crippen LogP contribution in [0.25, 0.3) is 0 Å². The van der Waals surface area contributed by atoms with Gasteiger partial charge in [0.05, 0.1) is 29.7 Å². The molecule has 5 N–H and O–H groups in total. The van der Waals surface area contributed by atoms with Crippen LogP contribution in [-0.2, 0) is 31.9 Å². The lowest BCUT2D eigenvalue weighted by Gasteiger charge is -2.15. The average Bonchev–Trinajstić information content (AvgIpc) is 3.37. The van der Waals surface area contributed by atoms with Gasteiger partial charge < -0.3 is 25.1 Å². The number of phenols is 1. The fraction of sp³-hybridized carbons (Fsp3) is 0.200. The number of halogens is 1. The number of hydrogen-bond acceptors (Lipinski definition) is 9. The fourth-order valence-electron chi connectivity index (χ4n) is 3.33. The number of carbonyl (C=O) groups excluding carboxylic acids is 2. The zero-order chi connectivity index (χ0) is 29.4. The van der Waals surface area contributed by atoms with E-state index in [4.69, 9.17) is 21.1 Å². The number of amides is 1. The molecule has 1 amide bonds. The molecule has 1 aromatic heterocycles. The van der Waals surface area contributed by atoms with Crippen molar-refractivity contribution in [2.45, 2.75) is 29.7 Å². The lowest BCUT2D eigenvalue weighted by atomic mass is 10.1. The summed E-state index contributed by atoms with van der Waals surface area (Å²) in [7, 11) is -4.22. The number of benzene rings is 2. The Bertz CT molecular complexity index is 1540. The van der Waals surface area contributed by atoms with E-state index in [1.807, 2.05) is 0 Å². The highest BCUT2D eigenvalue weighted by molar-refractivity contribution is 7.99. The molecule has 212 valence electrons. The van der Waals surface area contributed by atoms with Gasteiger partial charge in [-0.05, 0) is 42.0 Å². The third kappa shape index (κ3) is 8.32. The molecule has 12 nitrogen and oxygen atoms in total. The van der Waals surface area contributed by atoms with E-state index in [-0.39, 0.29) is 17.3 Å². The molecule has 0 unspecified atom stereocenters. The molecule has 0 aliphatic heterocycles. The third-order valence-electron chi connectivity index (χ3n) is 5.36. The summed E-state index contributed by atoms with van der Waals surface area (Å²) in [5.41, 5.74) is 0.194. The first-order chi connectivity index (χ1) is 18.9. The summed E-state index contributed by atoms with van der Waals surface area (Å²) in [6.45, 7) is -0.422. The van der Waals surface area contributed by atoms with Gasteiger partial charge in [0.15, 0.2) is 11.5 Å². The number of hydrogen-bond donors (Lipinski definition) is 5. The number of ketones is 1. The minimum Gasteiger partial charge on any atom is -0.507 e. The Morgan fingerprint density at radius 1 is 1.02 bits per heavy atom. The number of carboxylic acid groups (broad SMARTS) is 2. The first kappa shape index (κ1) is 30.7. The maximum absolute atomic E-state index is 12.7. The van der Waals surface area contributed by atoms with Crippen LogP contribution in [0.2, 0.25) is 5.02 Å². The van der Waals surface area contributed by atoms with Crippen LogP contribution >= 0.6 is 23.4 Å². The van der Waals surface area contributed by atoms with Crippen molar-refractivity contribution >= 4 is 57.0 Å². The quantitative estimate of drug-likeness (QED) is 0.180. The lowest BCUT2D eigenvalue weighted by Crippen LogP contribution is -2.43. The van der Waals surface area contributed by atoms with Gasteiger partial charge in [-0.1, -0.05) is 29.8 Å². The van der Waals surface area contributed by atoms with E-state index in [1.165, 1.54) is 23.9 Å². The summed E-state index contributed by atoms with van der Waals surface area (Å²) in [6, 6.07) is 11.0. The number of Topliss-reactive ketones (excluding diaryl/α,β-unsaturated/α-hetero) is 1. The number of sulfonamides is 1. The van der Waals surface area contributed by atoms with Crippen molar-refractivity contribution in [1.82, 2.24) is 10.0 Å². The van der Waals surface area contributed by atoms with Crippen molar-refractivity contribution in [1.29, 1.82) is 0 Å². The van der Waals surface area contributed by atoms with Crippen molar-refractivity contribution in [3.05, 3.63) is 82.3 Å². The van der Waals surface area contributed by atoms with Crippen molar-refractivity contribution in [2.75, 3.05) is 5.75 Å². The standard InChI is InChI=1S/C25H23ClN2O10S2/c26-18-4-2-1-3-14(18)12-39-13-21(30)19(10-23(31)32)28-24(33)22-8-5-15(38-22)11-27-40(36,37)16-6-7-20(29)17(9-16)25(34)35/h1-9,19,27,29H,10-13H2,(H,28,33)(H,31,32)(H,34,35)/t19-/m0/s1. The van der Waals surface area contributed by atoms with Crippen LogP contribution in [-0.4, -0.2) is 59.2 Å². The van der Waals surface area contributed by atoms with Gasteiger partial charge in [0.25, 0.3) is 5.91 Å². The van der Waals surface area contributed by atoms with E-state index >= 15 is 0 Å². The fourth-order valence-corrected chi connectivity index (χ4v) is 5.60. The molecule has 1 atom stereocenters. The number of carbonyl (C=O) groups is 4. The minimum atomic E-state index is -4.22. The highest BCUT2D eigenvalue weighted by Crippen LogP contribution is 2.22. The molecule has 0 spiro atoms. The topological polar surface area (TPSA) is 200 Å². The molecule has 0 fully saturated rings. The minimum absolute atomic E-state index is 0.00219. The Kier molecular flexibility index (Phi) is 10.3. The molecule has 2 aromatic carbocycles. The molecule has 0 saturated heterocycles. The van der Waals surface area contributed by atoms with Crippen LogP contribution in [0.3, 0.4) is 0 Å². The number of aromatic carboxylic acids is 1. The summed E-state index contributed by atoms with van der Waals surface area (Å²) in [5.74, 6) is -4.81. The van der Waals surface area contributed by atoms with Crippen LogP contribution in [0.15, 0.2) is 63.9 Å². The predicted molar refractivity (Wildman–Crippen MR) is 144 cm³/mol. The van der Waals surface area contributed by atoms with Gasteiger partial charge in [-0.3, -0.25) is 14.4 Å². The third-order valence-corrected chi connectivity index (χ3v) is 8.13. The second-order valence-corrected chi connectivity index (χ2v) is 11.4. The molecule has 0 aliphatic carbocycles. The Balaban J connectivity index is 1.61. The van der Waals surface area contributed by atoms with Crippen LogP contribution in [0, 0.1) is 0 Å². The van der Waals surface area contributed by atoms with Crippen LogP contribution in [0.1, 0.15) is 38.7 Å². The SMILES string of the molecule is O=C(O)C[C@H](NC(=O)c1ccc(CNS(=O)(=O)c2ccc(O)c(C(=O)O)c2)o1)C(=O)CSCc1ccccc1Cl. The highest BCUT2D eigenvalue weighted by Gasteiger charge is 2.26. The molecule has 3 aromatic rings. The molecule has 40 heavy (non-hydrogen) atoms. The zero-order valence-corrected chi connectivity index (χ0v) is 22.9. The second kappa shape index (κ2) is 13.5. The van der Waals surface area contributed by atoms with Gasteiger partial charge in [0.2, 0.25) is 10.0 Å². The second-order valence-electron chi connectivity index (χ2n) is 8.25. The molecule has 0 radical (unpaired) electrons. The number of aliphatic carboxylic acids is 1. The van der Waals surface area contributed by atoms with E-state index in [0.29, 0.717) is 10.8 Å². The first-order valence-corrected chi connectivity index (χ1v) is 14.4. The summed E-state index contributed by atoms with van der Waals surface area (Å²) in [5, 5.41) is 30.7.